The van der Waals surface area contributed by atoms with Crippen molar-refractivity contribution < 1.29 is 4.74 Å². The molecule has 0 saturated carbocycles. The zero-order valence-corrected chi connectivity index (χ0v) is 10.7. The lowest BCUT2D eigenvalue weighted by molar-refractivity contribution is 0.101. The van der Waals surface area contributed by atoms with Gasteiger partial charge in [0.25, 0.3) is 0 Å². The lowest BCUT2D eigenvalue weighted by atomic mass is 9.90. The minimum absolute atomic E-state index is 0.480. The lowest BCUT2D eigenvalue weighted by Gasteiger charge is -2.19. The van der Waals surface area contributed by atoms with Gasteiger partial charge in [0, 0.05) is 6.61 Å². The van der Waals surface area contributed by atoms with Gasteiger partial charge < -0.3 is 10.5 Å². The van der Waals surface area contributed by atoms with E-state index in [0.29, 0.717) is 12.0 Å². The van der Waals surface area contributed by atoms with Crippen molar-refractivity contribution in [3.8, 4) is 0 Å². The molecule has 0 aliphatic carbocycles. The van der Waals surface area contributed by atoms with Crippen molar-refractivity contribution >= 4 is 0 Å². The maximum Gasteiger partial charge on any atom is 0.0576 e. The normalized spacial score (nSPS) is 21.6. The first-order valence-corrected chi connectivity index (χ1v) is 6.68. The third kappa shape index (κ3) is 3.30. The van der Waals surface area contributed by atoms with Gasteiger partial charge in [0.15, 0.2) is 0 Å². The van der Waals surface area contributed by atoms with Crippen LogP contribution in [0.2, 0.25) is 0 Å². The van der Waals surface area contributed by atoms with E-state index in [0.717, 1.165) is 26.0 Å². The molecular formula is C15H23NO. The molecule has 94 valence electrons. The Kier molecular flexibility index (Phi) is 4.57. The fraction of sp³-hybridized carbons (Fsp3) is 0.600. The van der Waals surface area contributed by atoms with E-state index in [1.165, 1.54) is 24.0 Å². The molecule has 2 nitrogen and oxygen atoms in total. The molecule has 1 saturated heterocycles. The van der Waals surface area contributed by atoms with Crippen molar-refractivity contribution in [3.05, 3.63) is 35.4 Å². The molecule has 1 fully saturated rings. The second-order valence-corrected chi connectivity index (χ2v) is 5.00. The molecule has 1 heterocycles. The Balaban J connectivity index is 1.94. The molecule has 2 N–H and O–H groups in total. The Bertz CT molecular complexity index is 345. The van der Waals surface area contributed by atoms with E-state index < -0.39 is 0 Å². The zero-order chi connectivity index (χ0) is 12.1. The van der Waals surface area contributed by atoms with E-state index >= 15 is 0 Å². The van der Waals surface area contributed by atoms with E-state index in [9.17, 15) is 0 Å². The molecule has 2 rings (SSSR count). The first-order chi connectivity index (χ1) is 8.31. The van der Waals surface area contributed by atoms with Crippen LogP contribution in [0, 0.1) is 6.92 Å². The highest BCUT2D eigenvalue weighted by molar-refractivity contribution is 5.29. The summed E-state index contributed by atoms with van der Waals surface area (Å²) < 4.78 is 5.67. The Morgan fingerprint density at radius 1 is 1.41 bits per heavy atom. The van der Waals surface area contributed by atoms with Crippen molar-refractivity contribution in [2.24, 2.45) is 5.73 Å². The Labute approximate surface area is 104 Å². The molecule has 1 aliphatic rings. The molecule has 1 aromatic carbocycles. The van der Waals surface area contributed by atoms with Gasteiger partial charge >= 0.3 is 0 Å². The third-order valence-electron chi connectivity index (χ3n) is 3.77. The number of hydrogen-bond acceptors (Lipinski definition) is 2. The monoisotopic (exact) mass is 233 g/mol. The first kappa shape index (κ1) is 12.6. The summed E-state index contributed by atoms with van der Waals surface area (Å²) >= 11 is 0. The topological polar surface area (TPSA) is 35.2 Å². The van der Waals surface area contributed by atoms with Gasteiger partial charge in [0.05, 0.1) is 6.10 Å². The van der Waals surface area contributed by atoms with Gasteiger partial charge in [-0.05, 0) is 56.2 Å². The number of hydrogen-bond donors (Lipinski definition) is 1. The Hall–Kier alpha value is -0.860. The highest BCUT2D eigenvalue weighted by atomic mass is 16.5. The lowest BCUT2D eigenvalue weighted by Crippen LogP contribution is -2.16. The van der Waals surface area contributed by atoms with Crippen molar-refractivity contribution in [2.75, 3.05) is 13.2 Å². The van der Waals surface area contributed by atoms with Gasteiger partial charge in [-0.3, -0.25) is 0 Å². The third-order valence-corrected chi connectivity index (χ3v) is 3.77. The van der Waals surface area contributed by atoms with E-state index in [2.05, 4.69) is 31.2 Å². The fourth-order valence-electron chi connectivity index (χ4n) is 2.70. The number of benzene rings is 1. The van der Waals surface area contributed by atoms with Crippen LogP contribution < -0.4 is 5.73 Å². The quantitative estimate of drug-likeness (QED) is 0.848. The molecule has 1 aromatic rings. The molecule has 0 bridgehead atoms. The van der Waals surface area contributed by atoms with Crippen LogP contribution in [0.25, 0.3) is 0 Å². The highest BCUT2D eigenvalue weighted by Crippen LogP contribution is 2.26. The number of aryl methyl sites for hydroxylation is 1. The van der Waals surface area contributed by atoms with Gasteiger partial charge in [-0.25, -0.2) is 0 Å². The summed E-state index contributed by atoms with van der Waals surface area (Å²) in [4.78, 5) is 0. The average molecular weight is 233 g/mol. The fourth-order valence-corrected chi connectivity index (χ4v) is 2.70. The van der Waals surface area contributed by atoms with Crippen LogP contribution >= 0.6 is 0 Å². The minimum atomic E-state index is 0.480. The standard InChI is InChI=1S/C15H23NO/c1-12-5-2-3-7-15(12)13(11-16)8-9-14-6-4-10-17-14/h2-3,5,7,13-14H,4,6,8-11,16H2,1H3. The maximum atomic E-state index is 5.92. The van der Waals surface area contributed by atoms with Crippen LogP contribution in [-0.4, -0.2) is 19.3 Å². The molecule has 17 heavy (non-hydrogen) atoms. The molecule has 2 unspecified atom stereocenters. The van der Waals surface area contributed by atoms with Gasteiger partial charge in [0.2, 0.25) is 0 Å². The molecule has 0 radical (unpaired) electrons. The summed E-state index contributed by atoms with van der Waals surface area (Å²) in [6.45, 7) is 3.85. The summed E-state index contributed by atoms with van der Waals surface area (Å²) in [5.41, 5.74) is 8.68. The van der Waals surface area contributed by atoms with Crippen molar-refractivity contribution in [1.82, 2.24) is 0 Å². The van der Waals surface area contributed by atoms with Gasteiger partial charge in [0.1, 0.15) is 0 Å². The van der Waals surface area contributed by atoms with Crippen LogP contribution in [0.3, 0.4) is 0 Å². The van der Waals surface area contributed by atoms with E-state index in [-0.39, 0.29) is 0 Å². The number of nitrogens with two attached hydrogens (primary N) is 1. The van der Waals surface area contributed by atoms with Crippen LogP contribution in [0.15, 0.2) is 24.3 Å². The molecule has 0 spiro atoms. The molecule has 0 amide bonds. The summed E-state index contributed by atoms with van der Waals surface area (Å²) in [6.07, 6.45) is 5.23. The van der Waals surface area contributed by atoms with E-state index in [4.69, 9.17) is 10.5 Å². The zero-order valence-electron chi connectivity index (χ0n) is 10.7. The van der Waals surface area contributed by atoms with Crippen LogP contribution in [-0.2, 0) is 4.74 Å². The summed E-state index contributed by atoms with van der Waals surface area (Å²) in [7, 11) is 0. The second kappa shape index (κ2) is 6.18. The SMILES string of the molecule is Cc1ccccc1C(CN)CCC1CCCO1. The van der Waals surface area contributed by atoms with Crippen molar-refractivity contribution in [3.63, 3.8) is 0 Å². The second-order valence-electron chi connectivity index (χ2n) is 5.00. The summed E-state index contributed by atoms with van der Waals surface area (Å²) in [5.74, 6) is 0.486. The predicted molar refractivity (Wildman–Crippen MR) is 71.2 cm³/mol. The Morgan fingerprint density at radius 2 is 2.24 bits per heavy atom. The van der Waals surface area contributed by atoms with E-state index in [1.807, 2.05) is 0 Å². The minimum Gasteiger partial charge on any atom is -0.378 e. The van der Waals surface area contributed by atoms with Crippen LogP contribution in [0.4, 0.5) is 0 Å². The molecule has 1 aliphatic heterocycles. The Morgan fingerprint density at radius 3 is 2.88 bits per heavy atom. The highest BCUT2D eigenvalue weighted by Gasteiger charge is 2.18. The molecule has 2 heteroatoms. The molecule has 0 aromatic heterocycles. The summed E-state index contributed by atoms with van der Waals surface area (Å²) in [6, 6.07) is 8.58. The van der Waals surface area contributed by atoms with Crippen LogP contribution in [0.1, 0.15) is 42.7 Å². The first-order valence-electron chi connectivity index (χ1n) is 6.68. The average Bonchev–Trinajstić information content (AvgIpc) is 2.85. The smallest absolute Gasteiger partial charge is 0.0576 e. The van der Waals surface area contributed by atoms with E-state index in [1.54, 1.807) is 0 Å². The largest absolute Gasteiger partial charge is 0.378 e. The number of ether oxygens (including phenoxy) is 1. The number of rotatable bonds is 5. The van der Waals surface area contributed by atoms with Crippen molar-refractivity contribution in [1.29, 1.82) is 0 Å². The predicted octanol–water partition coefficient (Wildman–Crippen LogP) is 3.00. The van der Waals surface area contributed by atoms with Crippen LogP contribution in [0.5, 0.6) is 0 Å². The van der Waals surface area contributed by atoms with Gasteiger partial charge in [-0.15, -0.1) is 0 Å². The molecule has 2 atom stereocenters. The van der Waals surface area contributed by atoms with Gasteiger partial charge in [-0.2, -0.15) is 0 Å². The van der Waals surface area contributed by atoms with Gasteiger partial charge in [-0.1, -0.05) is 24.3 Å². The summed E-state index contributed by atoms with van der Waals surface area (Å²) in [5, 5.41) is 0. The molecular weight excluding hydrogens is 210 g/mol. The van der Waals surface area contributed by atoms with Crippen molar-refractivity contribution in [2.45, 2.75) is 44.6 Å². The maximum absolute atomic E-state index is 5.92.